The Morgan fingerprint density at radius 2 is 1.83 bits per heavy atom. The summed E-state index contributed by atoms with van der Waals surface area (Å²) >= 11 is 0. The van der Waals surface area contributed by atoms with Gasteiger partial charge in [0.25, 0.3) is 5.91 Å². The predicted molar refractivity (Wildman–Crippen MR) is 92.7 cm³/mol. The van der Waals surface area contributed by atoms with Gasteiger partial charge >= 0.3 is 0 Å². The Bertz CT molecular complexity index is 1040. The van der Waals surface area contributed by atoms with E-state index < -0.39 is 5.91 Å². The maximum atomic E-state index is 11.8. The van der Waals surface area contributed by atoms with E-state index in [-0.39, 0.29) is 5.76 Å². The number of carbonyl (C=O) groups excluding carboxylic acids is 1. The van der Waals surface area contributed by atoms with Crippen molar-refractivity contribution in [1.29, 1.82) is 0 Å². The number of rotatable bonds is 4. The zero-order chi connectivity index (χ0) is 16.7. The molecule has 1 amide bonds. The molecular formula is C19H16N2O3. The molecule has 4 aromatic rings. The monoisotopic (exact) mass is 320 g/mol. The molecule has 0 aliphatic heterocycles. The van der Waals surface area contributed by atoms with Crippen LogP contribution in [0.15, 0.2) is 59.0 Å². The molecule has 2 heterocycles. The molecule has 0 unspecified atom stereocenters. The number of primary amides is 1. The first-order valence-corrected chi connectivity index (χ1v) is 7.76. The lowest BCUT2D eigenvalue weighted by Crippen LogP contribution is -2.12. The summed E-state index contributed by atoms with van der Waals surface area (Å²) in [6, 6.07) is 17.8. The van der Waals surface area contributed by atoms with Gasteiger partial charge < -0.3 is 19.5 Å². The maximum absolute atomic E-state index is 11.8. The molecule has 2 N–H and O–H groups in total. The summed E-state index contributed by atoms with van der Waals surface area (Å²) in [6.07, 6.45) is 0. The minimum atomic E-state index is -0.640. The maximum Gasteiger partial charge on any atom is 0.288 e. The number of fused-ring (bicyclic) bond motifs is 3. The molecule has 0 aliphatic carbocycles. The fourth-order valence-corrected chi connectivity index (χ4v) is 3.06. The predicted octanol–water partition coefficient (Wildman–Crippen LogP) is 3.87. The number of aromatic nitrogens is 1. The largest absolute Gasteiger partial charge is 0.488 e. The average Bonchev–Trinajstić information content (AvgIpc) is 3.11. The van der Waals surface area contributed by atoms with Crippen LogP contribution in [-0.4, -0.2) is 17.1 Å². The molecule has 0 fully saturated rings. The van der Waals surface area contributed by atoms with Crippen molar-refractivity contribution in [3.05, 3.63) is 60.4 Å². The van der Waals surface area contributed by atoms with Crippen LogP contribution in [-0.2, 0) is 0 Å². The molecule has 120 valence electrons. The van der Waals surface area contributed by atoms with Crippen LogP contribution in [0.4, 0.5) is 0 Å². The van der Waals surface area contributed by atoms with Gasteiger partial charge in [-0.05, 0) is 31.2 Å². The number of hydrogen-bond acceptors (Lipinski definition) is 3. The Hall–Kier alpha value is -3.21. The van der Waals surface area contributed by atoms with Gasteiger partial charge in [-0.25, -0.2) is 0 Å². The fourth-order valence-electron chi connectivity index (χ4n) is 3.06. The normalized spacial score (nSPS) is 11.2. The van der Waals surface area contributed by atoms with Crippen molar-refractivity contribution in [3.63, 3.8) is 0 Å². The molecule has 5 heteroatoms. The molecule has 0 bridgehead atoms. The SMILES string of the molecule is CCOc1c(C(N)=O)oc2c3ccccc3n(-c3ccccc3)c12. The van der Waals surface area contributed by atoms with Gasteiger partial charge in [-0.1, -0.05) is 30.3 Å². The van der Waals surface area contributed by atoms with Gasteiger partial charge in [0, 0.05) is 11.1 Å². The number of benzene rings is 2. The first-order chi connectivity index (χ1) is 11.7. The van der Waals surface area contributed by atoms with Crippen molar-refractivity contribution >= 4 is 27.9 Å². The Kier molecular flexibility index (Phi) is 3.27. The van der Waals surface area contributed by atoms with Gasteiger partial charge in [0.1, 0.15) is 5.52 Å². The molecule has 2 aromatic heterocycles. The molecule has 0 spiro atoms. The number of carbonyl (C=O) groups is 1. The van der Waals surface area contributed by atoms with E-state index in [1.54, 1.807) is 0 Å². The Labute approximate surface area is 138 Å². The number of hydrogen-bond donors (Lipinski definition) is 1. The van der Waals surface area contributed by atoms with Crippen molar-refractivity contribution in [1.82, 2.24) is 4.57 Å². The van der Waals surface area contributed by atoms with Crippen LogP contribution in [0.3, 0.4) is 0 Å². The molecule has 5 nitrogen and oxygen atoms in total. The summed E-state index contributed by atoms with van der Waals surface area (Å²) in [6.45, 7) is 2.27. The molecule has 0 saturated carbocycles. The minimum absolute atomic E-state index is 0.0530. The molecule has 0 atom stereocenters. The highest BCUT2D eigenvalue weighted by Gasteiger charge is 2.26. The van der Waals surface area contributed by atoms with E-state index in [4.69, 9.17) is 14.9 Å². The molecule has 24 heavy (non-hydrogen) atoms. The van der Waals surface area contributed by atoms with E-state index >= 15 is 0 Å². The van der Waals surface area contributed by atoms with Crippen LogP contribution in [0.5, 0.6) is 5.75 Å². The summed E-state index contributed by atoms with van der Waals surface area (Å²) in [7, 11) is 0. The standard InChI is InChI=1S/C19H16N2O3/c1-2-23-17-15-16(24-18(17)19(20)22)13-10-6-7-11-14(13)21(15)12-8-4-3-5-9-12/h3-11H,2H2,1H3,(H2,20,22). The minimum Gasteiger partial charge on any atom is -0.488 e. The number of furan rings is 1. The summed E-state index contributed by atoms with van der Waals surface area (Å²) < 4.78 is 13.6. The molecular weight excluding hydrogens is 304 g/mol. The highest BCUT2D eigenvalue weighted by molar-refractivity contribution is 6.12. The van der Waals surface area contributed by atoms with Gasteiger partial charge in [-0.2, -0.15) is 0 Å². The average molecular weight is 320 g/mol. The smallest absolute Gasteiger partial charge is 0.288 e. The summed E-state index contributed by atoms with van der Waals surface area (Å²) in [5, 5.41) is 0.907. The van der Waals surface area contributed by atoms with Crippen molar-refractivity contribution in [2.24, 2.45) is 5.73 Å². The van der Waals surface area contributed by atoms with E-state index in [1.807, 2.05) is 66.1 Å². The van der Waals surface area contributed by atoms with Gasteiger partial charge in [0.15, 0.2) is 11.3 Å². The van der Waals surface area contributed by atoms with Crippen LogP contribution in [0, 0.1) is 0 Å². The van der Waals surface area contributed by atoms with Crippen LogP contribution in [0.2, 0.25) is 0 Å². The Balaban J connectivity index is 2.20. The lowest BCUT2D eigenvalue weighted by Gasteiger charge is -2.09. The third kappa shape index (κ3) is 1.98. The second-order valence-corrected chi connectivity index (χ2v) is 5.42. The highest BCUT2D eigenvalue weighted by Crippen LogP contribution is 2.41. The first-order valence-electron chi connectivity index (χ1n) is 7.76. The third-order valence-corrected chi connectivity index (χ3v) is 3.98. The van der Waals surface area contributed by atoms with Crippen molar-refractivity contribution < 1.29 is 13.9 Å². The van der Waals surface area contributed by atoms with Gasteiger partial charge in [-0.15, -0.1) is 0 Å². The van der Waals surface area contributed by atoms with E-state index in [0.29, 0.717) is 17.9 Å². The lowest BCUT2D eigenvalue weighted by molar-refractivity contribution is 0.0971. The number of para-hydroxylation sites is 2. The second-order valence-electron chi connectivity index (χ2n) is 5.42. The third-order valence-electron chi connectivity index (χ3n) is 3.98. The number of amides is 1. The van der Waals surface area contributed by atoms with Gasteiger partial charge in [0.2, 0.25) is 5.76 Å². The summed E-state index contributed by atoms with van der Waals surface area (Å²) in [4.78, 5) is 11.8. The Morgan fingerprint density at radius 1 is 1.12 bits per heavy atom. The number of nitrogens with zero attached hydrogens (tertiary/aromatic N) is 1. The van der Waals surface area contributed by atoms with Crippen LogP contribution >= 0.6 is 0 Å². The van der Waals surface area contributed by atoms with Crippen LogP contribution < -0.4 is 10.5 Å². The molecule has 2 aromatic carbocycles. The van der Waals surface area contributed by atoms with E-state index in [9.17, 15) is 4.79 Å². The van der Waals surface area contributed by atoms with E-state index in [1.165, 1.54) is 0 Å². The summed E-state index contributed by atoms with van der Waals surface area (Å²) in [5.41, 5.74) is 8.74. The van der Waals surface area contributed by atoms with Crippen molar-refractivity contribution in [2.75, 3.05) is 6.61 Å². The molecule has 0 aliphatic rings. The van der Waals surface area contributed by atoms with E-state index in [2.05, 4.69) is 0 Å². The topological polar surface area (TPSA) is 70.4 Å². The zero-order valence-electron chi connectivity index (χ0n) is 13.2. The van der Waals surface area contributed by atoms with Crippen LogP contribution in [0.25, 0.3) is 27.7 Å². The quantitative estimate of drug-likeness (QED) is 0.620. The molecule has 4 rings (SSSR count). The second kappa shape index (κ2) is 5.45. The highest BCUT2D eigenvalue weighted by atomic mass is 16.5. The van der Waals surface area contributed by atoms with Crippen molar-refractivity contribution in [2.45, 2.75) is 6.92 Å². The summed E-state index contributed by atoms with van der Waals surface area (Å²) in [5.74, 6) is -0.198. The first kappa shape index (κ1) is 14.4. The zero-order valence-corrected chi connectivity index (χ0v) is 13.2. The van der Waals surface area contributed by atoms with Crippen molar-refractivity contribution in [3.8, 4) is 11.4 Å². The number of ether oxygens (including phenoxy) is 1. The Morgan fingerprint density at radius 3 is 2.54 bits per heavy atom. The van der Waals surface area contributed by atoms with Gasteiger partial charge in [-0.3, -0.25) is 4.79 Å². The molecule has 0 radical (unpaired) electrons. The molecule has 0 saturated heterocycles. The number of nitrogens with two attached hydrogens (primary N) is 1. The van der Waals surface area contributed by atoms with Crippen LogP contribution in [0.1, 0.15) is 17.5 Å². The van der Waals surface area contributed by atoms with E-state index in [0.717, 1.165) is 22.1 Å². The lowest BCUT2D eigenvalue weighted by atomic mass is 10.2. The fraction of sp³-hybridized carbons (Fsp3) is 0.105. The van der Waals surface area contributed by atoms with Gasteiger partial charge in [0.05, 0.1) is 12.1 Å².